The zero-order valence-electron chi connectivity index (χ0n) is 13.2. The number of morpholine rings is 1. The molecule has 0 amide bonds. The Labute approximate surface area is 142 Å². The molecule has 6 heteroatoms. The maximum Gasteiger partial charge on any atom is 0.156 e. The Morgan fingerprint density at radius 3 is 2.45 bits per heavy atom. The number of halogens is 2. The van der Waals surface area contributed by atoms with Crippen molar-refractivity contribution in [2.75, 3.05) is 39.4 Å². The second kappa shape index (κ2) is 8.94. The zero-order chi connectivity index (χ0) is 15.9. The molecule has 0 spiro atoms. The van der Waals surface area contributed by atoms with E-state index < -0.39 is 0 Å². The van der Waals surface area contributed by atoms with Gasteiger partial charge >= 0.3 is 0 Å². The highest BCUT2D eigenvalue weighted by molar-refractivity contribution is 6.37. The second-order valence-corrected chi connectivity index (χ2v) is 6.50. The van der Waals surface area contributed by atoms with E-state index in [1.54, 1.807) is 0 Å². The summed E-state index contributed by atoms with van der Waals surface area (Å²) < 4.78 is 11.0. The molecule has 1 heterocycles. The van der Waals surface area contributed by atoms with Crippen molar-refractivity contribution in [3.05, 3.63) is 27.7 Å². The average Bonchev–Trinajstić information content (AvgIpc) is 2.48. The molecule has 1 saturated heterocycles. The van der Waals surface area contributed by atoms with Gasteiger partial charge in [-0.25, -0.2) is 0 Å². The summed E-state index contributed by atoms with van der Waals surface area (Å²) in [5.74, 6) is 0.565. The lowest BCUT2D eigenvalue weighted by atomic mass is 10.2. The molecule has 0 radical (unpaired) electrons. The Morgan fingerprint density at radius 2 is 1.86 bits per heavy atom. The van der Waals surface area contributed by atoms with E-state index in [9.17, 15) is 0 Å². The van der Waals surface area contributed by atoms with Crippen LogP contribution < -0.4 is 10.1 Å². The van der Waals surface area contributed by atoms with Gasteiger partial charge in [0.05, 0.1) is 29.4 Å². The quantitative estimate of drug-likeness (QED) is 0.768. The van der Waals surface area contributed by atoms with E-state index in [0.717, 1.165) is 51.5 Å². The number of benzene rings is 1. The van der Waals surface area contributed by atoms with E-state index in [0.29, 0.717) is 15.8 Å². The highest BCUT2D eigenvalue weighted by Crippen LogP contribution is 2.34. The van der Waals surface area contributed by atoms with E-state index in [1.807, 2.05) is 26.0 Å². The molecule has 1 fully saturated rings. The lowest BCUT2D eigenvalue weighted by Gasteiger charge is -2.26. The first-order valence-corrected chi connectivity index (χ1v) is 8.47. The molecule has 0 saturated carbocycles. The molecular weight excluding hydrogens is 323 g/mol. The highest BCUT2D eigenvalue weighted by Gasteiger charge is 2.12. The van der Waals surface area contributed by atoms with Crippen LogP contribution in [-0.2, 0) is 11.3 Å². The van der Waals surface area contributed by atoms with E-state index in [1.165, 1.54) is 0 Å². The molecule has 1 aliphatic rings. The van der Waals surface area contributed by atoms with Crippen molar-refractivity contribution >= 4 is 23.2 Å². The second-order valence-electron chi connectivity index (χ2n) is 5.69. The number of hydrogen-bond acceptors (Lipinski definition) is 4. The summed E-state index contributed by atoms with van der Waals surface area (Å²) in [7, 11) is 0. The minimum absolute atomic E-state index is 0.0486. The SMILES string of the molecule is CC(C)Oc1c(Cl)cc(CNCCN2CCOCC2)cc1Cl. The predicted octanol–water partition coefficient (Wildman–Crippen LogP) is 3.20. The van der Waals surface area contributed by atoms with Crippen molar-refractivity contribution in [2.24, 2.45) is 0 Å². The van der Waals surface area contributed by atoms with Crippen LogP contribution in [0.3, 0.4) is 0 Å². The maximum absolute atomic E-state index is 6.25. The van der Waals surface area contributed by atoms with Gasteiger partial charge in [0.25, 0.3) is 0 Å². The Kier molecular flexibility index (Phi) is 7.25. The molecule has 0 unspecified atom stereocenters. The molecule has 1 N–H and O–H groups in total. The minimum Gasteiger partial charge on any atom is -0.488 e. The van der Waals surface area contributed by atoms with Crippen LogP contribution in [0.5, 0.6) is 5.75 Å². The standard InChI is InChI=1S/C16H24Cl2N2O2/c1-12(2)22-16-14(17)9-13(10-15(16)18)11-19-3-4-20-5-7-21-8-6-20/h9-10,12,19H,3-8,11H2,1-2H3. The molecule has 2 rings (SSSR count). The van der Waals surface area contributed by atoms with Crippen LogP contribution in [0.25, 0.3) is 0 Å². The van der Waals surface area contributed by atoms with Gasteiger partial charge in [-0.05, 0) is 31.5 Å². The monoisotopic (exact) mass is 346 g/mol. The first kappa shape index (κ1) is 17.8. The molecule has 1 aromatic carbocycles. The average molecular weight is 347 g/mol. The summed E-state index contributed by atoms with van der Waals surface area (Å²) in [4.78, 5) is 2.40. The van der Waals surface area contributed by atoms with Gasteiger partial charge < -0.3 is 14.8 Å². The van der Waals surface area contributed by atoms with Crippen molar-refractivity contribution in [3.63, 3.8) is 0 Å². The molecule has 0 aliphatic carbocycles. The molecule has 1 aliphatic heterocycles. The molecule has 0 bridgehead atoms. The fourth-order valence-corrected chi connectivity index (χ4v) is 2.98. The van der Waals surface area contributed by atoms with Crippen LogP contribution in [0.2, 0.25) is 10.0 Å². The summed E-state index contributed by atoms with van der Waals surface area (Å²) in [5, 5.41) is 4.55. The molecule has 22 heavy (non-hydrogen) atoms. The Balaban J connectivity index is 1.80. The summed E-state index contributed by atoms with van der Waals surface area (Å²) in [6.07, 6.45) is 0.0486. The molecular formula is C16H24Cl2N2O2. The highest BCUT2D eigenvalue weighted by atomic mass is 35.5. The molecule has 124 valence electrons. The maximum atomic E-state index is 6.25. The molecule has 1 aromatic rings. The normalized spacial score (nSPS) is 16.2. The number of ether oxygens (including phenoxy) is 2. The van der Waals surface area contributed by atoms with Gasteiger partial charge in [0.15, 0.2) is 5.75 Å². The van der Waals surface area contributed by atoms with E-state index in [-0.39, 0.29) is 6.10 Å². The van der Waals surface area contributed by atoms with Gasteiger partial charge in [0, 0.05) is 32.7 Å². The van der Waals surface area contributed by atoms with Crippen molar-refractivity contribution in [1.82, 2.24) is 10.2 Å². The summed E-state index contributed by atoms with van der Waals surface area (Å²) in [6, 6.07) is 3.82. The third kappa shape index (κ3) is 5.60. The topological polar surface area (TPSA) is 33.7 Å². The van der Waals surface area contributed by atoms with Gasteiger partial charge in [0.2, 0.25) is 0 Å². The van der Waals surface area contributed by atoms with Crippen molar-refractivity contribution in [2.45, 2.75) is 26.5 Å². The predicted molar refractivity (Wildman–Crippen MR) is 91.2 cm³/mol. The van der Waals surface area contributed by atoms with Gasteiger partial charge in [-0.1, -0.05) is 23.2 Å². The first-order valence-electron chi connectivity index (χ1n) is 7.71. The Bertz CT molecular complexity index is 454. The van der Waals surface area contributed by atoms with Crippen molar-refractivity contribution in [1.29, 1.82) is 0 Å². The van der Waals surface area contributed by atoms with E-state index >= 15 is 0 Å². The fraction of sp³-hybridized carbons (Fsp3) is 0.625. The number of nitrogens with zero attached hydrogens (tertiary/aromatic N) is 1. The van der Waals surface area contributed by atoms with E-state index in [2.05, 4.69) is 10.2 Å². The molecule has 0 aromatic heterocycles. The Hall–Kier alpha value is -0.520. The summed E-state index contributed by atoms with van der Waals surface area (Å²) in [6.45, 7) is 10.3. The zero-order valence-corrected chi connectivity index (χ0v) is 14.7. The Morgan fingerprint density at radius 1 is 1.23 bits per heavy atom. The van der Waals surface area contributed by atoms with Crippen molar-refractivity contribution < 1.29 is 9.47 Å². The lowest BCUT2D eigenvalue weighted by Crippen LogP contribution is -2.40. The molecule has 4 nitrogen and oxygen atoms in total. The third-order valence-corrected chi connectivity index (χ3v) is 4.01. The third-order valence-electron chi connectivity index (χ3n) is 3.45. The minimum atomic E-state index is 0.0486. The first-order chi connectivity index (χ1) is 10.6. The van der Waals surface area contributed by atoms with Gasteiger partial charge in [-0.3, -0.25) is 4.90 Å². The largest absolute Gasteiger partial charge is 0.488 e. The van der Waals surface area contributed by atoms with E-state index in [4.69, 9.17) is 32.7 Å². The lowest BCUT2D eigenvalue weighted by molar-refractivity contribution is 0.0384. The van der Waals surface area contributed by atoms with Gasteiger partial charge in [-0.15, -0.1) is 0 Å². The molecule has 0 atom stereocenters. The van der Waals surface area contributed by atoms with Crippen LogP contribution in [0.15, 0.2) is 12.1 Å². The fourth-order valence-electron chi connectivity index (χ4n) is 2.36. The van der Waals surface area contributed by atoms with Gasteiger partial charge in [0.1, 0.15) is 0 Å². The smallest absolute Gasteiger partial charge is 0.156 e. The van der Waals surface area contributed by atoms with Crippen LogP contribution in [-0.4, -0.2) is 50.4 Å². The van der Waals surface area contributed by atoms with Crippen LogP contribution in [0.4, 0.5) is 0 Å². The van der Waals surface area contributed by atoms with Gasteiger partial charge in [-0.2, -0.15) is 0 Å². The van der Waals surface area contributed by atoms with Crippen molar-refractivity contribution in [3.8, 4) is 5.75 Å². The number of nitrogens with one attached hydrogen (secondary N) is 1. The summed E-state index contributed by atoms with van der Waals surface area (Å²) >= 11 is 12.5. The number of rotatable bonds is 7. The summed E-state index contributed by atoms with van der Waals surface area (Å²) in [5.41, 5.74) is 1.06. The van der Waals surface area contributed by atoms with Crippen LogP contribution in [0.1, 0.15) is 19.4 Å². The van der Waals surface area contributed by atoms with Crippen LogP contribution >= 0.6 is 23.2 Å². The number of hydrogen-bond donors (Lipinski definition) is 1. The van der Waals surface area contributed by atoms with Crippen LogP contribution in [0, 0.1) is 0 Å².